The fraction of sp³-hybridized carbons (Fsp3) is 0.545. The number of furan rings is 1. The summed E-state index contributed by atoms with van der Waals surface area (Å²) in [6, 6.07) is 2.95. The van der Waals surface area contributed by atoms with Crippen molar-refractivity contribution in [2.24, 2.45) is 0 Å². The normalized spacial score (nSPS) is 13.6. The molecule has 1 unspecified atom stereocenters. The molecular weight excluding hydrogens is 244 g/mol. The maximum Gasteiger partial charge on any atom is 0.214 e. The monoisotopic (exact) mass is 259 g/mol. The third-order valence-electron chi connectivity index (χ3n) is 2.44. The number of rotatable bonds is 6. The van der Waals surface area contributed by atoms with E-state index in [2.05, 4.69) is 0 Å². The van der Waals surface area contributed by atoms with E-state index in [1.165, 1.54) is 6.07 Å². The molecule has 0 aliphatic heterocycles. The molecule has 5 nitrogen and oxygen atoms in total. The minimum Gasteiger partial charge on any atom is -0.747 e. The molecular formula is C11H15O5S-. The van der Waals surface area contributed by atoms with E-state index in [1.54, 1.807) is 13.0 Å². The number of aryl methyl sites for hydroxylation is 1. The van der Waals surface area contributed by atoms with E-state index >= 15 is 0 Å². The van der Waals surface area contributed by atoms with Gasteiger partial charge in [-0.1, -0.05) is 19.8 Å². The molecule has 0 saturated carbocycles. The zero-order chi connectivity index (χ0) is 13.1. The fourth-order valence-electron chi connectivity index (χ4n) is 1.52. The van der Waals surface area contributed by atoms with Crippen LogP contribution in [0.4, 0.5) is 0 Å². The van der Waals surface area contributed by atoms with Gasteiger partial charge in [-0.25, -0.2) is 8.42 Å². The first-order valence-corrected chi connectivity index (χ1v) is 6.88. The van der Waals surface area contributed by atoms with Crippen LogP contribution >= 0.6 is 0 Å². The molecule has 0 N–H and O–H groups in total. The number of ketones is 1. The van der Waals surface area contributed by atoms with Crippen molar-refractivity contribution in [2.45, 2.75) is 38.4 Å². The van der Waals surface area contributed by atoms with E-state index < -0.39 is 21.2 Å². The lowest BCUT2D eigenvalue weighted by atomic mass is 10.1. The van der Waals surface area contributed by atoms with E-state index in [-0.39, 0.29) is 12.2 Å². The van der Waals surface area contributed by atoms with Crippen LogP contribution in [0, 0.1) is 6.92 Å². The number of hydrogen-bond acceptors (Lipinski definition) is 5. The van der Waals surface area contributed by atoms with Crippen LogP contribution in [0.2, 0.25) is 0 Å². The molecule has 0 fully saturated rings. The molecule has 0 radical (unpaired) electrons. The summed E-state index contributed by atoms with van der Waals surface area (Å²) in [7, 11) is -4.63. The predicted molar refractivity (Wildman–Crippen MR) is 60.8 cm³/mol. The van der Waals surface area contributed by atoms with Crippen LogP contribution in [0.5, 0.6) is 0 Å². The van der Waals surface area contributed by atoms with Crippen molar-refractivity contribution in [2.75, 3.05) is 0 Å². The number of carbonyl (C=O) groups is 1. The maximum atomic E-state index is 11.8. The molecule has 17 heavy (non-hydrogen) atoms. The van der Waals surface area contributed by atoms with Gasteiger partial charge < -0.3 is 8.97 Å². The van der Waals surface area contributed by atoms with E-state index in [0.717, 1.165) is 6.42 Å². The smallest absolute Gasteiger partial charge is 0.214 e. The summed E-state index contributed by atoms with van der Waals surface area (Å²) in [6.07, 6.45) is 1.27. The molecule has 0 saturated heterocycles. The number of unbranched alkanes of at least 4 members (excludes halogenated alkanes) is 1. The Labute approximate surface area is 101 Å². The molecule has 0 aliphatic carbocycles. The minimum atomic E-state index is -4.63. The summed E-state index contributed by atoms with van der Waals surface area (Å²) in [5.41, 5.74) is 0. The lowest BCUT2D eigenvalue weighted by Crippen LogP contribution is -2.30. The maximum absolute atomic E-state index is 11.8. The second-order valence-electron chi connectivity index (χ2n) is 3.90. The molecule has 1 heterocycles. The van der Waals surface area contributed by atoms with Crippen LogP contribution < -0.4 is 0 Å². The standard InChI is InChI=1S/C11H16O5S/c1-3-4-5-10(17(13,14)15)11(12)9-7-6-8(2)16-9/h6-7,10H,3-5H2,1-2H3,(H,13,14,15)/p-1. The highest BCUT2D eigenvalue weighted by Crippen LogP contribution is 2.17. The third-order valence-corrected chi connectivity index (χ3v) is 3.59. The first-order valence-electron chi connectivity index (χ1n) is 5.41. The van der Waals surface area contributed by atoms with Gasteiger partial charge in [-0.2, -0.15) is 0 Å². The first-order chi connectivity index (χ1) is 7.86. The van der Waals surface area contributed by atoms with Crippen LogP contribution in [-0.2, 0) is 10.1 Å². The Bertz CT molecular complexity index is 486. The Balaban J connectivity index is 2.95. The van der Waals surface area contributed by atoms with Crippen molar-refractivity contribution < 1.29 is 22.2 Å². The molecule has 1 aromatic rings. The summed E-state index contributed by atoms with van der Waals surface area (Å²) in [5.74, 6) is -0.310. The third kappa shape index (κ3) is 3.67. The van der Waals surface area contributed by atoms with Gasteiger partial charge in [0.25, 0.3) is 0 Å². The zero-order valence-electron chi connectivity index (χ0n) is 9.80. The average Bonchev–Trinajstić information content (AvgIpc) is 2.63. The Morgan fingerprint density at radius 3 is 2.53 bits per heavy atom. The Kier molecular flexibility index (Phi) is 4.47. The number of hydrogen-bond donors (Lipinski definition) is 0. The lowest BCUT2D eigenvalue weighted by molar-refractivity contribution is 0.0952. The van der Waals surface area contributed by atoms with E-state index in [4.69, 9.17) is 4.42 Å². The van der Waals surface area contributed by atoms with E-state index in [1.807, 2.05) is 6.92 Å². The predicted octanol–water partition coefficient (Wildman–Crippen LogP) is 1.87. The Morgan fingerprint density at radius 2 is 2.12 bits per heavy atom. The van der Waals surface area contributed by atoms with Crippen LogP contribution in [-0.4, -0.2) is 24.0 Å². The van der Waals surface area contributed by atoms with Gasteiger partial charge >= 0.3 is 0 Å². The second kappa shape index (κ2) is 5.46. The van der Waals surface area contributed by atoms with Crippen LogP contribution in [0.1, 0.15) is 42.5 Å². The summed E-state index contributed by atoms with van der Waals surface area (Å²) >= 11 is 0. The Hall–Kier alpha value is -1.14. The second-order valence-corrected chi connectivity index (χ2v) is 5.45. The van der Waals surface area contributed by atoms with Crippen molar-refractivity contribution in [3.05, 3.63) is 23.7 Å². The quantitative estimate of drug-likeness (QED) is 0.575. The van der Waals surface area contributed by atoms with E-state index in [0.29, 0.717) is 12.2 Å². The van der Waals surface area contributed by atoms with Gasteiger partial charge in [0.2, 0.25) is 5.78 Å². The highest BCUT2D eigenvalue weighted by molar-refractivity contribution is 7.87. The molecule has 0 amide bonds. The summed E-state index contributed by atoms with van der Waals surface area (Å²) < 4.78 is 38.2. The largest absolute Gasteiger partial charge is 0.747 e. The number of carbonyl (C=O) groups excluding carboxylic acids is 1. The molecule has 0 spiro atoms. The molecule has 0 aromatic carbocycles. The van der Waals surface area contributed by atoms with Crippen molar-refractivity contribution >= 4 is 15.9 Å². The molecule has 1 rings (SSSR count). The summed E-state index contributed by atoms with van der Waals surface area (Å²) in [6.45, 7) is 3.50. The topological polar surface area (TPSA) is 87.4 Å². The van der Waals surface area contributed by atoms with Crippen molar-refractivity contribution in [3.8, 4) is 0 Å². The van der Waals surface area contributed by atoms with Gasteiger partial charge in [-0.3, -0.25) is 4.79 Å². The highest BCUT2D eigenvalue weighted by Gasteiger charge is 2.27. The molecule has 0 aliphatic rings. The zero-order valence-corrected chi connectivity index (χ0v) is 10.6. The fourth-order valence-corrected chi connectivity index (χ4v) is 2.36. The molecule has 1 atom stereocenters. The SMILES string of the molecule is CCCCC(C(=O)c1ccc(C)o1)S(=O)(=O)[O-]. The van der Waals surface area contributed by atoms with Crippen LogP contribution in [0.25, 0.3) is 0 Å². The van der Waals surface area contributed by atoms with Gasteiger partial charge in [0, 0.05) is 0 Å². The van der Waals surface area contributed by atoms with E-state index in [9.17, 15) is 17.8 Å². The summed E-state index contributed by atoms with van der Waals surface area (Å²) in [5, 5.41) is -1.53. The van der Waals surface area contributed by atoms with Crippen LogP contribution in [0.15, 0.2) is 16.5 Å². The Morgan fingerprint density at radius 1 is 1.47 bits per heavy atom. The first kappa shape index (κ1) is 13.9. The molecule has 96 valence electrons. The average molecular weight is 259 g/mol. The van der Waals surface area contributed by atoms with Gasteiger partial charge in [0.05, 0.1) is 0 Å². The minimum absolute atomic E-state index is 0.0426. The molecule has 6 heteroatoms. The van der Waals surface area contributed by atoms with Gasteiger partial charge in [0.15, 0.2) is 5.76 Å². The lowest BCUT2D eigenvalue weighted by Gasteiger charge is -2.17. The molecule has 0 bridgehead atoms. The van der Waals surface area contributed by atoms with Crippen molar-refractivity contribution in [3.63, 3.8) is 0 Å². The summed E-state index contributed by atoms with van der Waals surface area (Å²) in [4.78, 5) is 11.8. The van der Waals surface area contributed by atoms with Crippen LogP contribution in [0.3, 0.4) is 0 Å². The van der Waals surface area contributed by atoms with Gasteiger partial charge in [0.1, 0.15) is 21.1 Å². The van der Waals surface area contributed by atoms with Gasteiger partial charge in [-0.15, -0.1) is 0 Å². The van der Waals surface area contributed by atoms with Gasteiger partial charge in [-0.05, 0) is 25.5 Å². The molecule has 1 aromatic heterocycles. The van der Waals surface area contributed by atoms with Crippen molar-refractivity contribution in [1.29, 1.82) is 0 Å². The van der Waals surface area contributed by atoms with Crippen molar-refractivity contribution in [1.82, 2.24) is 0 Å². The number of Topliss-reactive ketones (excluding diaryl/α,β-unsaturated/α-hetero) is 1. The highest BCUT2D eigenvalue weighted by atomic mass is 32.2.